The zero-order valence-electron chi connectivity index (χ0n) is 9.88. The number of hydrogen-bond acceptors (Lipinski definition) is 4. The van der Waals surface area contributed by atoms with Gasteiger partial charge in [0.2, 0.25) is 0 Å². The number of thiophene rings is 1. The molecule has 1 unspecified atom stereocenters. The van der Waals surface area contributed by atoms with Crippen molar-refractivity contribution >= 4 is 11.3 Å². The van der Waals surface area contributed by atoms with E-state index in [2.05, 4.69) is 18.0 Å². The number of methoxy groups -OCH3 is 1. The number of nitrogens with zero attached hydrogens (tertiary/aromatic N) is 1. The van der Waals surface area contributed by atoms with Gasteiger partial charge in [-0.2, -0.15) is 0 Å². The number of ether oxygens (including phenoxy) is 1. The van der Waals surface area contributed by atoms with Crippen LogP contribution in [0, 0.1) is 0 Å². The summed E-state index contributed by atoms with van der Waals surface area (Å²) in [7, 11) is 1.59. The van der Waals surface area contributed by atoms with E-state index >= 15 is 0 Å². The Labute approximate surface area is 105 Å². The third kappa shape index (κ3) is 2.65. The normalized spacial score (nSPS) is 12.4. The smallest absolute Gasteiger partial charge is 0.137 e. The molecule has 17 heavy (non-hydrogen) atoms. The average molecular weight is 249 g/mol. The van der Waals surface area contributed by atoms with Gasteiger partial charge in [0.05, 0.1) is 13.3 Å². The maximum atomic E-state index is 10.2. The lowest BCUT2D eigenvalue weighted by Gasteiger charge is -2.09. The van der Waals surface area contributed by atoms with E-state index < -0.39 is 6.10 Å². The molecular formula is C13H15NO2S. The Bertz CT molecular complexity index is 496. The summed E-state index contributed by atoms with van der Waals surface area (Å²) in [5.74, 6) is 0.661. The van der Waals surface area contributed by atoms with Gasteiger partial charge in [0.1, 0.15) is 11.9 Å². The molecule has 0 radical (unpaired) electrons. The maximum Gasteiger partial charge on any atom is 0.137 e. The van der Waals surface area contributed by atoms with E-state index in [-0.39, 0.29) is 0 Å². The van der Waals surface area contributed by atoms with E-state index in [0.29, 0.717) is 5.75 Å². The molecule has 0 saturated heterocycles. The fourth-order valence-corrected chi connectivity index (χ4v) is 2.56. The van der Waals surface area contributed by atoms with Crippen molar-refractivity contribution in [2.24, 2.45) is 0 Å². The predicted octanol–water partition coefficient (Wildman–Crippen LogP) is 2.80. The fraction of sp³-hybridized carbons (Fsp3) is 0.308. The van der Waals surface area contributed by atoms with E-state index in [1.54, 1.807) is 30.8 Å². The summed E-state index contributed by atoms with van der Waals surface area (Å²) < 4.78 is 5.10. The first-order valence-corrected chi connectivity index (χ1v) is 6.32. The molecule has 0 aromatic carbocycles. The molecule has 3 nitrogen and oxygen atoms in total. The fourth-order valence-electron chi connectivity index (χ4n) is 1.59. The highest BCUT2D eigenvalue weighted by Crippen LogP contribution is 2.29. The molecule has 0 aliphatic heterocycles. The molecule has 0 fully saturated rings. The Morgan fingerprint density at radius 3 is 2.88 bits per heavy atom. The minimum Gasteiger partial charge on any atom is -0.495 e. The third-order valence-corrected chi connectivity index (χ3v) is 3.87. The van der Waals surface area contributed by atoms with Crippen LogP contribution in [0.1, 0.15) is 28.3 Å². The summed E-state index contributed by atoms with van der Waals surface area (Å²) in [6, 6.07) is 5.83. The molecule has 0 amide bonds. The topological polar surface area (TPSA) is 42.4 Å². The van der Waals surface area contributed by atoms with Crippen LogP contribution in [0.5, 0.6) is 5.75 Å². The lowest BCUT2D eigenvalue weighted by atomic mass is 10.1. The zero-order chi connectivity index (χ0) is 12.3. The van der Waals surface area contributed by atoms with Gasteiger partial charge in [-0.3, -0.25) is 4.98 Å². The van der Waals surface area contributed by atoms with Gasteiger partial charge in [-0.1, -0.05) is 6.92 Å². The summed E-state index contributed by atoms with van der Waals surface area (Å²) in [5.41, 5.74) is 0.758. The highest BCUT2D eigenvalue weighted by Gasteiger charge is 2.13. The van der Waals surface area contributed by atoms with Crippen LogP contribution in [0.15, 0.2) is 30.6 Å². The Morgan fingerprint density at radius 2 is 2.24 bits per heavy atom. The third-order valence-electron chi connectivity index (χ3n) is 2.59. The van der Waals surface area contributed by atoms with Crippen molar-refractivity contribution in [1.82, 2.24) is 4.98 Å². The van der Waals surface area contributed by atoms with Gasteiger partial charge in [-0.15, -0.1) is 11.3 Å². The highest BCUT2D eigenvalue weighted by molar-refractivity contribution is 7.12. The van der Waals surface area contributed by atoms with E-state index in [9.17, 15) is 5.11 Å². The SMILES string of the molecule is CCc1ccc(C(O)c2cncc(OC)c2)s1. The van der Waals surface area contributed by atoms with Crippen LogP contribution in [0.4, 0.5) is 0 Å². The van der Waals surface area contributed by atoms with Gasteiger partial charge in [0.15, 0.2) is 0 Å². The number of aromatic nitrogens is 1. The van der Waals surface area contributed by atoms with Gasteiger partial charge in [0, 0.05) is 21.5 Å². The number of rotatable bonds is 4. The van der Waals surface area contributed by atoms with Crippen LogP contribution in [0.2, 0.25) is 0 Å². The van der Waals surface area contributed by atoms with Gasteiger partial charge in [-0.25, -0.2) is 0 Å². The molecule has 1 N–H and O–H groups in total. The molecule has 0 aliphatic rings. The molecule has 90 valence electrons. The first-order chi connectivity index (χ1) is 8.24. The van der Waals surface area contributed by atoms with Crippen molar-refractivity contribution in [1.29, 1.82) is 0 Å². The van der Waals surface area contributed by atoms with Crippen molar-refractivity contribution in [3.05, 3.63) is 45.9 Å². The molecule has 4 heteroatoms. The van der Waals surface area contributed by atoms with Crippen LogP contribution in [-0.2, 0) is 6.42 Å². The van der Waals surface area contributed by atoms with Crippen LogP contribution < -0.4 is 4.74 Å². The van der Waals surface area contributed by atoms with Crippen LogP contribution in [0.25, 0.3) is 0 Å². The van der Waals surface area contributed by atoms with E-state index in [0.717, 1.165) is 16.9 Å². The second kappa shape index (κ2) is 5.29. The lowest BCUT2D eigenvalue weighted by Crippen LogP contribution is -1.98. The predicted molar refractivity (Wildman–Crippen MR) is 68.5 cm³/mol. The van der Waals surface area contributed by atoms with Gasteiger partial charge >= 0.3 is 0 Å². The minimum atomic E-state index is -0.622. The monoisotopic (exact) mass is 249 g/mol. The molecule has 2 aromatic rings. The van der Waals surface area contributed by atoms with E-state index in [4.69, 9.17) is 4.74 Å². The molecule has 0 spiro atoms. The van der Waals surface area contributed by atoms with Crippen molar-refractivity contribution in [2.45, 2.75) is 19.4 Å². The summed E-state index contributed by atoms with van der Waals surface area (Å²) in [4.78, 5) is 6.26. The standard InChI is InChI=1S/C13H15NO2S/c1-3-11-4-5-12(17-11)13(15)9-6-10(16-2)8-14-7-9/h4-8,13,15H,3H2,1-2H3. The summed E-state index contributed by atoms with van der Waals surface area (Å²) in [5, 5.41) is 10.2. The summed E-state index contributed by atoms with van der Waals surface area (Å²) in [6.07, 6.45) is 3.66. The largest absolute Gasteiger partial charge is 0.495 e. The Hall–Kier alpha value is -1.39. The number of aliphatic hydroxyl groups excluding tert-OH is 1. The second-order valence-electron chi connectivity index (χ2n) is 3.72. The number of pyridine rings is 1. The van der Waals surface area contributed by atoms with Crippen LogP contribution in [0.3, 0.4) is 0 Å². The molecule has 2 rings (SSSR count). The van der Waals surface area contributed by atoms with Gasteiger partial charge < -0.3 is 9.84 Å². The number of aliphatic hydroxyl groups is 1. The summed E-state index contributed by atoms with van der Waals surface area (Å²) in [6.45, 7) is 2.11. The summed E-state index contributed by atoms with van der Waals surface area (Å²) >= 11 is 1.63. The van der Waals surface area contributed by atoms with E-state index in [1.165, 1.54) is 4.88 Å². The second-order valence-corrected chi connectivity index (χ2v) is 4.92. The van der Waals surface area contributed by atoms with Crippen molar-refractivity contribution in [3.63, 3.8) is 0 Å². The van der Waals surface area contributed by atoms with Gasteiger partial charge in [-0.05, 0) is 24.6 Å². The molecule has 0 aliphatic carbocycles. The van der Waals surface area contributed by atoms with Crippen LogP contribution >= 0.6 is 11.3 Å². The Morgan fingerprint density at radius 1 is 1.41 bits per heavy atom. The minimum absolute atomic E-state index is 0.622. The number of aryl methyl sites for hydroxylation is 1. The molecule has 1 atom stereocenters. The molecule has 0 saturated carbocycles. The van der Waals surface area contributed by atoms with Crippen molar-refractivity contribution < 1.29 is 9.84 Å². The Kier molecular flexibility index (Phi) is 3.76. The van der Waals surface area contributed by atoms with Crippen molar-refractivity contribution in [3.8, 4) is 5.75 Å². The lowest BCUT2D eigenvalue weighted by molar-refractivity contribution is 0.223. The first kappa shape index (κ1) is 12.1. The molecular weight excluding hydrogens is 234 g/mol. The molecule has 2 heterocycles. The van der Waals surface area contributed by atoms with Crippen molar-refractivity contribution in [2.75, 3.05) is 7.11 Å². The quantitative estimate of drug-likeness (QED) is 0.906. The average Bonchev–Trinajstić information content (AvgIpc) is 2.86. The van der Waals surface area contributed by atoms with Crippen LogP contribution in [-0.4, -0.2) is 17.2 Å². The highest BCUT2D eigenvalue weighted by atomic mass is 32.1. The maximum absolute atomic E-state index is 10.2. The number of hydrogen-bond donors (Lipinski definition) is 1. The zero-order valence-corrected chi connectivity index (χ0v) is 10.7. The Balaban J connectivity index is 2.26. The molecule has 0 bridgehead atoms. The van der Waals surface area contributed by atoms with E-state index in [1.807, 2.05) is 12.1 Å². The molecule has 2 aromatic heterocycles. The van der Waals surface area contributed by atoms with Gasteiger partial charge in [0.25, 0.3) is 0 Å². The first-order valence-electron chi connectivity index (χ1n) is 5.50.